The Morgan fingerprint density at radius 2 is 1.27 bits per heavy atom. The SMILES string of the molecule is COCCc1cc[nH]c1C=O.COCCc1cc[nH]c1C=O. The average molecular weight is 306 g/mol. The fourth-order valence-electron chi connectivity index (χ4n) is 1.91. The molecule has 6 heteroatoms. The number of methoxy groups -OCH3 is 2. The highest BCUT2D eigenvalue weighted by Gasteiger charge is 2.01. The van der Waals surface area contributed by atoms with Gasteiger partial charge in [-0.25, -0.2) is 0 Å². The number of hydrogen-bond acceptors (Lipinski definition) is 4. The Balaban J connectivity index is 0.000000220. The highest BCUT2D eigenvalue weighted by Crippen LogP contribution is 2.05. The second-order valence-corrected chi connectivity index (χ2v) is 4.55. The third kappa shape index (κ3) is 5.67. The van der Waals surface area contributed by atoms with Crippen molar-refractivity contribution in [3.8, 4) is 0 Å². The fraction of sp³-hybridized carbons (Fsp3) is 0.375. The molecule has 0 aliphatic heterocycles. The van der Waals surface area contributed by atoms with Crippen LogP contribution in [0.5, 0.6) is 0 Å². The smallest absolute Gasteiger partial charge is 0.166 e. The lowest BCUT2D eigenvalue weighted by Crippen LogP contribution is -1.96. The Morgan fingerprint density at radius 3 is 1.59 bits per heavy atom. The van der Waals surface area contributed by atoms with Crippen LogP contribution in [0.25, 0.3) is 0 Å². The largest absolute Gasteiger partial charge is 0.384 e. The number of H-pyrrole nitrogens is 2. The maximum Gasteiger partial charge on any atom is 0.166 e. The second kappa shape index (κ2) is 10.5. The van der Waals surface area contributed by atoms with Gasteiger partial charge in [0, 0.05) is 26.6 Å². The molecule has 2 N–H and O–H groups in total. The number of ether oxygens (including phenoxy) is 2. The Labute approximate surface area is 129 Å². The van der Waals surface area contributed by atoms with Crippen molar-refractivity contribution >= 4 is 12.6 Å². The zero-order valence-corrected chi connectivity index (χ0v) is 12.9. The third-order valence-corrected chi connectivity index (χ3v) is 3.13. The summed E-state index contributed by atoms with van der Waals surface area (Å²) in [6.45, 7) is 1.30. The van der Waals surface area contributed by atoms with Gasteiger partial charge in [-0.15, -0.1) is 0 Å². The molecule has 0 fully saturated rings. The van der Waals surface area contributed by atoms with E-state index in [4.69, 9.17) is 9.47 Å². The van der Waals surface area contributed by atoms with Gasteiger partial charge in [0.15, 0.2) is 12.6 Å². The number of aldehydes is 2. The maximum atomic E-state index is 10.4. The van der Waals surface area contributed by atoms with Crippen LogP contribution < -0.4 is 0 Å². The number of nitrogens with one attached hydrogen (secondary N) is 2. The summed E-state index contributed by atoms with van der Waals surface area (Å²) >= 11 is 0. The first kappa shape index (κ1) is 17.9. The zero-order valence-electron chi connectivity index (χ0n) is 12.9. The molecule has 0 saturated heterocycles. The molecule has 2 aromatic rings. The van der Waals surface area contributed by atoms with E-state index in [0.717, 1.165) is 36.5 Å². The molecule has 0 bridgehead atoms. The van der Waals surface area contributed by atoms with Crippen molar-refractivity contribution < 1.29 is 19.1 Å². The van der Waals surface area contributed by atoms with Crippen LogP contribution in [0.3, 0.4) is 0 Å². The van der Waals surface area contributed by atoms with E-state index in [1.54, 1.807) is 26.6 Å². The molecule has 2 rings (SSSR count). The molecule has 0 unspecified atom stereocenters. The molecule has 2 heterocycles. The number of aromatic amines is 2. The molecular weight excluding hydrogens is 284 g/mol. The number of carbonyl (C=O) groups is 2. The van der Waals surface area contributed by atoms with E-state index in [9.17, 15) is 9.59 Å². The van der Waals surface area contributed by atoms with Crippen molar-refractivity contribution in [2.24, 2.45) is 0 Å². The van der Waals surface area contributed by atoms with Crippen molar-refractivity contribution in [2.45, 2.75) is 12.8 Å². The van der Waals surface area contributed by atoms with Crippen molar-refractivity contribution in [1.29, 1.82) is 0 Å². The number of rotatable bonds is 8. The second-order valence-electron chi connectivity index (χ2n) is 4.55. The lowest BCUT2D eigenvalue weighted by molar-refractivity contribution is 0.111. The summed E-state index contributed by atoms with van der Waals surface area (Å²) in [5, 5.41) is 0. The summed E-state index contributed by atoms with van der Waals surface area (Å²) in [4.78, 5) is 26.4. The van der Waals surface area contributed by atoms with E-state index >= 15 is 0 Å². The van der Waals surface area contributed by atoms with E-state index in [0.29, 0.717) is 24.6 Å². The lowest BCUT2D eigenvalue weighted by atomic mass is 10.2. The Hall–Kier alpha value is -2.18. The van der Waals surface area contributed by atoms with Crippen LogP contribution in [0.4, 0.5) is 0 Å². The number of hydrogen-bond donors (Lipinski definition) is 2. The molecule has 0 radical (unpaired) electrons. The Kier molecular flexibility index (Phi) is 8.56. The van der Waals surface area contributed by atoms with Gasteiger partial charge in [-0.2, -0.15) is 0 Å². The molecule has 0 aromatic carbocycles. The molecule has 0 spiro atoms. The van der Waals surface area contributed by atoms with Gasteiger partial charge in [0.2, 0.25) is 0 Å². The number of carbonyl (C=O) groups excluding carboxylic acids is 2. The molecule has 6 nitrogen and oxygen atoms in total. The normalized spacial score (nSPS) is 9.91. The van der Waals surface area contributed by atoms with E-state index in [-0.39, 0.29) is 0 Å². The molecular formula is C16H22N2O4. The van der Waals surface area contributed by atoms with Crippen LogP contribution in [0, 0.1) is 0 Å². The number of aromatic nitrogens is 2. The molecule has 0 saturated carbocycles. The van der Waals surface area contributed by atoms with Gasteiger partial charge in [0.05, 0.1) is 24.6 Å². The summed E-state index contributed by atoms with van der Waals surface area (Å²) < 4.78 is 9.77. The van der Waals surface area contributed by atoms with Gasteiger partial charge >= 0.3 is 0 Å². The average Bonchev–Trinajstić information content (AvgIpc) is 3.19. The molecule has 0 aliphatic rings. The monoisotopic (exact) mass is 306 g/mol. The third-order valence-electron chi connectivity index (χ3n) is 3.13. The molecule has 0 atom stereocenters. The highest BCUT2D eigenvalue weighted by molar-refractivity contribution is 5.74. The molecule has 22 heavy (non-hydrogen) atoms. The van der Waals surface area contributed by atoms with Crippen LogP contribution >= 0.6 is 0 Å². The summed E-state index contributed by atoms with van der Waals surface area (Å²) in [5.41, 5.74) is 3.34. The van der Waals surface area contributed by atoms with Gasteiger partial charge in [0.25, 0.3) is 0 Å². The quantitative estimate of drug-likeness (QED) is 0.731. The van der Waals surface area contributed by atoms with Gasteiger partial charge in [-0.1, -0.05) is 0 Å². The van der Waals surface area contributed by atoms with E-state index in [1.165, 1.54) is 0 Å². The van der Waals surface area contributed by atoms with Crippen LogP contribution in [-0.2, 0) is 22.3 Å². The first-order chi connectivity index (χ1) is 10.8. The van der Waals surface area contributed by atoms with Gasteiger partial charge in [-0.05, 0) is 36.1 Å². The minimum Gasteiger partial charge on any atom is -0.384 e. The first-order valence-electron chi connectivity index (χ1n) is 6.97. The molecule has 0 aliphatic carbocycles. The van der Waals surface area contributed by atoms with Crippen molar-refractivity contribution in [2.75, 3.05) is 27.4 Å². The maximum absolute atomic E-state index is 10.4. The summed E-state index contributed by atoms with van der Waals surface area (Å²) in [7, 11) is 3.29. The fourth-order valence-corrected chi connectivity index (χ4v) is 1.91. The summed E-state index contributed by atoms with van der Waals surface area (Å²) in [5.74, 6) is 0. The molecule has 120 valence electrons. The summed E-state index contributed by atoms with van der Waals surface area (Å²) in [6, 6.07) is 3.78. The Bertz CT molecular complexity index is 510. The topological polar surface area (TPSA) is 84.2 Å². The predicted molar refractivity (Wildman–Crippen MR) is 83.5 cm³/mol. The van der Waals surface area contributed by atoms with Crippen molar-refractivity contribution in [3.05, 3.63) is 47.0 Å². The van der Waals surface area contributed by atoms with Gasteiger partial charge in [0.1, 0.15) is 0 Å². The van der Waals surface area contributed by atoms with Crippen molar-refractivity contribution in [1.82, 2.24) is 9.97 Å². The Morgan fingerprint density at radius 1 is 0.864 bits per heavy atom. The predicted octanol–water partition coefficient (Wildman–Crippen LogP) is 2.03. The zero-order chi connectivity index (χ0) is 16.2. The van der Waals surface area contributed by atoms with E-state index in [1.807, 2.05) is 12.1 Å². The molecule has 0 amide bonds. The minimum atomic E-state index is 0.651. The standard InChI is InChI=1S/2C8H11NO2/c2*1-11-5-3-7-2-4-9-8(7)6-10/h2*2,4,6,9H,3,5H2,1H3. The van der Waals surface area contributed by atoms with E-state index < -0.39 is 0 Å². The van der Waals surface area contributed by atoms with E-state index in [2.05, 4.69) is 9.97 Å². The van der Waals surface area contributed by atoms with Crippen LogP contribution in [0.1, 0.15) is 32.1 Å². The van der Waals surface area contributed by atoms with Crippen LogP contribution in [0.2, 0.25) is 0 Å². The lowest BCUT2D eigenvalue weighted by Gasteiger charge is -1.96. The molecule has 2 aromatic heterocycles. The van der Waals surface area contributed by atoms with Crippen LogP contribution in [-0.4, -0.2) is 50.0 Å². The summed E-state index contributed by atoms with van der Waals surface area (Å²) in [6.07, 6.45) is 6.74. The van der Waals surface area contributed by atoms with Crippen molar-refractivity contribution in [3.63, 3.8) is 0 Å². The minimum absolute atomic E-state index is 0.651. The van der Waals surface area contributed by atoms with Crippen LogP contribution in [0.15, 0.2) is 24.5 Å². The first-order valence-corrected chi connectivity index (χ1v) is 6.97. The highest BCUT2D eigenvalue weighted by atomic mass is 16.5. The van der Waals surface area contributed by atoms with Gasteiger partial charge in [-0.3, -0.25) is 9.59 Å². The van der Waals surface area contributed by atoms with Gasteiger partial charge < -0.3 is 19.4 Å².